The van der Waals surface area contributed by atoms with Crippen LogP contribution in [0, 0.1) is 0 Å². The van der Waals surface area contributed by atoms with Crippen LogP contribution in [-0.4, -0.2) is 27.6 Å². The van der Waals surface area contributed by atoms with Crippen molar-refractivity contribution in [2.24, 2.45) is 0 Å². The van der Waals surface area contributed by atoms with Crippen LogP contribution in [0.25, 0.3) is 10.2 Å². The quantitative estimate of drug-likeness (QED) is 0.741. The van der Waals surface area contributed by atoms with Crippen molar-refractivity contribution in [2.45, 2.75) is 12.5 Å². The third-order valence-electron chi connectivity index (χ3n) is 4.07. The Morgan fingerprint density at radius 2 is 1.95 bits per heavy atom. The molecule has 2 aromatic carbocycles. The Morgan fingerprint density at radius 3 is 2.77 bits per heavy atom. The highest BCUT2D eigenvalue weighted by Crippen LogP contribution is 2.38. The van der Waals surface area contributed by atoms with E-state index in [-0.39, 0.29) is 6.04 Å². The van der Waals surface area contributed by atoms with Crippen molar-refractivity contribution in [3.63, 3.8) is 0 Å². The molecule has 1 amide bonds. The van der Waals surface area contributed by atoms with Gasteiger partial charge in [-0.3, -0.25) is 4.90 Å². The average molecular weight is 310 g/mol. The van der Waals surface area contributed by atoms with Gasteiger partial charge in [0.15, 0.2) is 0 Å². The van der Waals surface area contributed by atoms with Crippen LogP contribution in [-0.2, 0) is 6.42 Å². The summed E-state index contributed by atoms with van der Waals surface area (Å²) in [6, 6.07) is 15.7. The highest BCUT2D eigenvalue weighted by Gasteiger charge is 2.33. The number of nitrogens with zero attached hydrogens (tertiary/aromatic N) is 2. The van der Waals surface area contributed by atoms with E-state index in [1.54, 1.807) is 11.3 Å². The van der Waals surface area contributed by atoms with E-state index >= 15 is 0 Å². The van der Waals surface area contributed by atoms with Crippen molar-refractivity contribution in [2.75, 3.05) is 6.54 Å². The van der Waals surface area contributed by atoms with E-state index in [1.165, 1.54) is 10.5 Å². The molecule has 3 aromatic rings. The largest absolute Gasteiger partial charge is 0.465 e. The lowest BCUT2D eigenvalue weighted by Crippen LogP contribution is -2.39. The van der Waals surface area contributed by atoms with Crippen molar-refractivity contribution < 1.29 is 9.90 Å². The molecular weight excluding hydrogens is 296 g/mol. The van der Waals surface area contributed by atoms with Crippen LogP contribution < -0.4 is 0 Å². The minimum Gasteiger partial charge on any atom is -0.465 e. The number of rotatable bonds is 1. The van der Waals surface area contributed by atoms with Crippen LogP contribution in [0.15, 0.2) is 48.5 Å². The predicted molar refractivity (Wildman–Crippen MR) is 86.3 cm³/mol. The number of amides is 1. The molecule has 5 heteroatoms. The van der Waals surface area contributed by atoms with Crippen LogP contribution in [0.2, 0.25) is 0 Å². The highest BCUT2D eigenvalue weighted by atomic mass is 32.1. The van der Waals surface area contributed by atoms with Gasteiger partial charge in [-0.1, -0.05) is 36.4 Å². The summed E-state index contributed by atoms with van der Waals surface area (Å²) in [4.78, 5) is 17.8. The number of hydrogen-bond donors (Lipinski definition) is 1. The van der Waals surface area contributed by atoms with Gasteiger partial charge in [0.1, 0.15) is 11.0 Å². The van der Waals surface area contributed by atoms with Crippen LogP contribution >= 0.6 is 11.3 Å². The topological polar surface area (TPSA) is 53.4 Å². The van der Waals surface area contributed by atoms with E-state index in [2.05, 4.69) is 11.1 Å². The average Bonchev–Trinajstić information content (AvgIpc) is 2.97. The second-order valence-electron chi connectivity index (χ2n) is 5.35. The lowest BCUT2D eigenvalue weighted by atomic mass is 9.93. The van der Waals surface area contributed by atoms with Gasteiger partial charge in [-0.2, -0.15) is 0 Å². The number of carboxylic acid groups (broad SMARTS) is 1. The lowest BCUT2D eigenvalue weighted by molar-refractivity contribution is 0.129. The van der Waals surface area contributed by atoms with Crippen LogP contribution in [0.5, 0.6) is 0 Å². The number of thiazole rings is 1. The first-order valence-corrected chi connectivity index (χ1v) is 7.98. The van der Waals surface area contributed by atoms with Crippen molar-refractivity contribution in [3.8, 4) is 0 Å². The Hall–Kier alpha value is -2.40. The first-order valence-electron chi connectivity index (χ1n) is 7.17. The number of hydrogen-bond acceptors (Lipinski definition) is 3. The molecule has 0 saturated carbocycles. The monoisotopic (exact) mass is 310 g/mol. The van der Waals surface area contributed by atoms with Gasteiger partial charge in [-0.25, -0.2) is 9.78 Å². The van der Waals surface area contributed by atoms with Gasteiger partial charge in [0.25, 0.3) is 0 Å². The van der Waals surface area contributed by atoms with Crippen LogP contribution in [0.3, 0.4) is 0 Å². The van der Waals surface area contributed by atoms with Gasteiger partial charge >= 0.3 is 6.09 Å². The third kappa shape index (κ3) is 2.05. The normalized spacial score (nSPS) is 17.5. The fourth-order valence-corrected chi connectivity index (χ4v) is 4.15. The first kappa shape index (κ1) is 13.3. The molecule has 0 fully saturated rings. The molecule has 0 spiro atoms. The number of aromatic nitrogens is 1. The molecule has 1 N–H and O–H groups in total. The van der Waals surface area contributed by atoms with Gasteiger partial charge in [0.2, 0.25) is 0 Å². The number of carbonyl (C=O) groups is 1. The van der Waals surface area contributed by atoms with Gasteiger partial charge < -0.3 is 5.11 Å². The Kier molecular flexibility index (Phi) is 3.08. The molecule has 0 bridgehead atoms. The highest BCUT2D eigenvalue weighted by molar-refractivity contribution is 7.18. The molecule has 0 saturated heterocycles. The third-order valence-corrected chi connectivity index (χ3v) is 5.16. The van der Waals surface area contributed by atoms with E-state index in [0.29, 0.717) is 6.54 Å². The van der Waals surface area contributed by atoms with E-state index in [9.17, 15) is 9.90 Å². The number of fused-ring (bicyclic) bond motifs is 2. The van der Waals surface area contributed by atoms with E-state index < -0.39 is 6.09 Å². The smallest absolute Gasteiger partial charge is 0.408 e. The summed E-state index contributed by atoms with van der Waals surface area (Å²) in [5.74, 6) is 0. The maximum absolute atomic E-state index is 11.7. The summed E-state index contributed by atoms with van der Waals surface area (Å²) in [5, 5.41) is 10.4. The van der Waals surface area contributed by atoms with E-state index in [1.807, 2.05) is 42.5 Å². The summed E-state index contributed by atoms with van der Waals surface area (Å²) >= 11 is 1.57. The van der Waals surface area contributed by atoms with Crippen LogP contribution in [0.4, 0.5) is 4.79 Å². The fourth-order valence-electron chi connectivity index (χ4n) is 3.05. The standard InChI is InChI=1S/C17H14N2O2S/c20-17(21)19-10-9-11-5-1-2-6-12(11)15(19)16-18-13-7-3-4-8-14(13)22-16/h1-8,15H,9-10H2,(H,20,21). The Bertz CT molecular complexity index is 825. The molecule has 0 aliphatic carbocycles. The molecule has 4 rings (SSSR count). The molecule has 110 valence electrons. The lowest BCUT2D eigenvalue weighted by Gasteiger charge is -2.34. The molecule has 2 heterocycles. The van der Waals surface area contributed by atoms with Crippen molar-refractivity contribution in [1.29, 1.82) is 0 Å². The Balaban J connectivity index is 1.90. The molecule has 1 aromatic heterocycles. The minimum atomic E-state index is -0.890. The van der Waals surface area contributed by atoms with Crippen LogP contribution in [0.1, 0.15) is 22.2 Å². The van der Waals surface area contributed by atoms with Crippen molar-refractivity contribution in [1.82, 2.24) is 9.88 Å². The molecule has 22 heavy (non-hydrogen) atoms. The van der Waals surface area contributed by atoms with Gasteiger partial charge in [0.05, 0.1) is 10.2 Å². The summed E-state index contributed by atoms with van der Waals surface area (Å²) in [7, 11) is 0. The van der Waals surface area contributed by atoms with E-state index in [0.717, 1.165) is 27.2 Å². The second kappa shape index (κ2) is 5.10. The molecule has 0 radical (unpaired) electrons. The summed E-state index contributed by atoms with van der Waals surface area (Å²) in [6.07, 6.45) is -0.136. The summed E-state index contributed by atoms with van der Waals surface area (Å²) < 4.78 is 1.09. The summed E-state index contributed by atoms with van der Waals surface area (Å²) in [5.41, 5.74) is 3.19. The Morgan fingerprint density at radius 1 is 1.18 bits per heavy atom. The van der Waals surface area contributed by atoms with Crippen molar-refractivity contribution >= 4 is 27.6 Å². The van der Waals surface area contributed by atoms with E-state index in [4.69, 9.17) is 0 Å². The van der Waals surface area contributed by atoms with Gasteiger partial charge in [-0.15, -0.1) is 11.3 Å². The minimum absolute atomic E-state index is 0.306. The SMILES string of the molecule is O=C(O)N1CCc2ccccc2C1c1nc2ccccc2s1. The zero-order chi connectivity index (χ0) is 15.1. The molecular formula is C17H14N2O2S. The number of benzene rings is 2. The zero-order valence-corrected chi connectivity index (χ0v) is 12.6. The van der Waals surface area contributed by atoms with Gasteiger partial charge in [-0.05, 0) is 29.7 Å². The molecule has 1 aliphatic rings. The van der Waals surface area contributed by atoms with Gasteiger partial charge in [0, 0.05) is 6.54 Å². The van der Waals surface area contributed by atoms with Crippen molar-refractivity contribution in [3.05, 3.63) is 64.7 Å². The molecule has 1 unspecified atom stereocenters. The summed E-state index contributed by atoms with van der Waals surface area (Å²) in [6.45, 7) is 0.507. The first-order chi connectivity index (χ1) is 10.7. The molecule has 1 aliphatic heterocycles. The maximum Gasteiger partial charge on any atom is 0.408 e. The molecule has 1 atom stereocenters. The molecule has 4 nitrogen and oxygen atoms in total. The number of para-hydroxylation sites is 1. The zero-order valence-electron chi connectivity index (χ0n) is 11.8. The second-order valence-corrected chi connectivity index (χ2v) is 6.41. The maximum atomic E-state index is 11.7. The Labute approximate surface area is 131 Å². The predicted octanol–water partition coefficient (Wildman–Crippen LogP) is 3.92. The fraction of sp³-hybridized carbons (Fsp3) is 0.176.